The molecular formula is C14H24N2O2S3. The maximum absolute atomic E-state index is 12.2. The summed E-state index contributed by atoms with van der Waals surface area (Å²) in [5, 5.41) is 3.92. The summed E-state index contributed by atoms with van der Waals surface area (Å²) in [4.78, 5) is 1.13. The summed E-state index contributed by atoms with van der Waals surface area (Å²) in [6.07, 6.45) is 6.36. The first-order valence-corrected chi connectivity index (χ1v) is 10.9. The summed E-state index contributed by atoms with van der Waals surface area (Å²) in [6, 6.07) is 4.35. The van der Waals surface area contributed by atoms with Crippen LogP contribution in [0.4, 0.5) is 0 Å². The van der Waals surface area contributed by atoms with Gasteiger partial charge in [0.15, 0.2) is 0 Å². The van der Waals surface area contributed by atoms with Crippen LogP contribution in [0.2, 0.25) is 0 Å². The lowest BCUT2D eigenvalue weighted by Crippen LogP contribution is -2.25. The Bertz CT molecular complexity index is 538. The van der Waals surface area contributed by atoms with Crippen molar-refractivity contribution in [2.24, 2.45) is 0 Å². The zero-order valence-electron chi connectivity index (χ0n) is 12.6. The van der Waals surface area contributed by atoms with Crippen LogP contribution in [-0.2, 0) is 16.4 Å². The third-order valence-corrected chi connectivity index (χ3v) is 7.67. The first-order chi connectivity index (χ1) is 10.0. The van der Waals surface area contributed by atoms with Crippen LogP contribution < -0.4 is 10.0 Å². The van der Waals surface area contributed by atoms with Gasteiger partial charge in [-0.15, -0.1) is 11.3 Å². The third kappa shape index (κ3) is 5.90. The topological polar surface area (TPSA) is 58.2 Å². The Morgan fingerprint density at radius 3 is 2.81 bits per heavy atom. The minimum atomic E-state index is -3.33. The lowest BCUT2D eigenvalue weighted by atomic mass is 10.3. The molecule has 4 nitrogen and oxygen atoms in total. The fraction of sp³-hybridized carbons (Fsp3) is 0.714. The molecule has 2 N–H and O–H groups in total. The minimum Gasteiger partial charge on any atom is -0.314 e. The van der Waals surface area contributed by atoms with Crippen molar-refractivity contribution in [1.82, 2.24) is 10.0 Å². The number of sulfonamides is 1. The Labute approximate surface area is 136 Å². The summed E-state index contributed by atoms with van der Waals surface area (Å²) >= 11 is 3.13. The average Bonchev–Trinajstić information content (AvgIpc) is 3.13. The van der Waals surface area contributed by atoms with E-state index in [0.29, 0.717) is 22.0 Å². The van der Waals surface area contributed by atoms with Crippen LogP contribution in [0, 0.1) is 0 Å². The molecule has 0 amide bonds. The number of thioether (sulfide) groups is 1. The highest BCUT2D eigenvalue weighted by Crippen LogP contribution is 2.23. The van der Waals surface area contributed by atoms with Gasteiger partial charge in [-0.1, -0.05) is 6.92 Å². The van der Waals surface area contributed by atoms with E-state index >= 15 is 0 Å². The fourth-order valence-electron chi connectivity index (χ4n) is 1.91. The van der Waals surface area contributed by atoms with Gasteiger partial charge in [0.1, 0.15) is 4.21 Å². The highest BCUT2D eigenvalue weighted by molar-refractivity contribution is 7.99. The molecule has 1 aliphatic carbocycles. The molecule has 1 heterocycles. The molecule has 1 atom stereocenters. The Kier molecular flexibility index (Phi) is 6.55. The molecule has 1 aromatic heterocycles. The van der Waals surface area contributed by atoms with E-state index in [0.717, 1.165) is 24.3 Å². The van der Waals surface area contributed by atoms with Gasteiger partial charge >= 0.3 is 0 Å². The highest BCUT2D eigenvalue weighted by atomic mass is 32.2. The van der Waals surface area contributed by atoms with Gasteiger partial charge in [0.25, 0.3) is 0 Å². The van der Waals surface area contributed by atoms with E-state index < -0.39 is 10.0 Å². The molecule has 0 bridgehead atoms. The smallest absolute Gasteiger partial charge is 0.250 e. The standard InChI is InChI=1S/C14H24N2O2S3/c1-11(19-2)7-10-16-21(17,18)14-6-5-13(20-14)8-9-15-12-3-4-12/h5-6,11-12,15-16H,3-4,7-10H2,1-2H3. The molecule has 0 aromatic carbocycles. The Hall–Kier alpha value is -0.0800. The Morgan fingerprint density at radius 1 is 1.38 bits per heavy atom. The summed E-state index contributed by atoms with van der Waals surface area (Å²) in [5.41, 5.74) is 0. The normalized spacial score (nSPS) is 17.0. The molecule has 0 aliphatic heterocycles. The van der Waals surface area contributed by atoms with E-state index in [2.05, 4.69) is 17.0 Å². The Balaban J connectivity index is 1.80. The molecule has 0 radical (unpaired) electrons. The van der Waals surface area contributed by atoms with Crippen molar-refractivity contribution in [3.63, 3.8) is 0 Å². The second kappa shape index (κ2) is 7.97. The van der Waals surface area contributed by atoms with Crippen LogP contribution in [0.25, 0.3) is 0 Å². The molecule has 1 saturated carbocycles. The first-order valence-electron chi connectivity index (χ1n) is 7.36. The maximum atomic E-state index is 12.2. The largest absolute Gasteiger partial charge is 0.314 e. The van der Waals surface area contributed by atoms with E-state index in [-0.39, 0.29) is 0 Å². The zero-order valence-corrected chi connectivity index (χ0v) is 15.0. The summed E-state index contributed by atoms with van der Waals surface area (Å²) in [6.45, 7) is 3.54. The van der Waals surface area contributed by atoms with Crippen molar-refractivity contribution in [3.8, 4) is 0 Å². The van der Waals surface area contributed by atoms with Gasteiger partial charge in [-0.2, -0.15) is 11.8 Å². The molecule has 1 aromatic rings. The van der Waals surface area contributed by atoms with E-state index in [9.17, 15) is 8.42 Å². The molecule has 1 fully saturated rings. The van der Waals surface area contributed by atoms with Crippen molar-refractivity contribution < 1.29 is 8.42 Å². The quantitative estimate of drug-likeness (QED) is 0.682. The molecular weight excluding hydrogens is 324 g/mol. The van der Waals surface area contributed by atoms with Crippen molar-refractivity contribution >= 4 is 33.1 Å². The molecule has 1 unspecified atom stereocenters. The lowest BCUT2D eigenvalue weighted by molar-refractivity contribution is 0.581. The number of thiophene rings is 1. The molecule has 0 spiro atoms. The van der Waals surface area contributed by atoms with E-state index in [4.69, 9.17) is 0 Å². The van der Waals surface area contributed by atoms with Gasteiger partial charge in [0, 0.05) is 29.3 Å². The van der Waals surface area contributed by atoms with Gasteiger partial charge < -0.3 is 5.32 Å². The van der Waals surface area contributed by atoms with Gasteiger partial charge in [0.05, 0.1) is 0 Å². The highest BCUT2D eigenvalue weighted by Gasteiger charge is 2.20. The monoisotopic (exact) mass is 348 g/mol. The van der Waals surface area contributed by atoms with E-state index in [1.54, 1.807) is 17.8 Å². The van der Waals surface area contributed by atoms with Crippen LogP contribution >= 0.6 is 23.1 Å². The predicted octanol–water partition coefficient (Wildman–Crippen LogP) is 2.46. The van der Waals surface area contributed by atoms with E-state index in [1.165, 1.54) is 24.2 Å². The van der Waals surface area contributed by atoms with Crippen LogP contribution in [0.1, 0.15) is 31.1 Å². The van der Waals surface area contributed by atoms with Gasteiger partial charge in [-0.05, 0) is 44.1 Å². The molecule has 2 rings (SSSR count). The van der Waals surface area contributed by atoms with E-state index in [1.807, 2.05) is 12.3 Å². The second-order valence-electron chi connectivity index (χ2n) is 5.43. The fourth-order valence-corrected chi connectivity index (χ4v) is 4.71. The van der Waals surface area contributed by atoms with Crippen LogP contribution in [0.15, 0.2) is 16.3 Å². The average molecular weight is 349 g/mol. The second-order valence-corrected chi connectivity index (χ2v) is 9.87. The number of hydrogen-bond acceptors (Lipinski definition) is 5. The van der Waals surface area contributed by atoms with Gasteiger partial charge in [-0.3, -0.25) is 0 Å². The Morgan fingerprint density at radius 2 is 2.14 bits per heavy atom. The minimum absolute atomic E-state index is 0.431. The summed E-state index contributed by atoms with van der Waals surface area (Å²) in [7, 11) is -3.33. The molecule has 7 heteroatoms. The van der Waals surface area contributed by atoms with Crippen molar-refractivity contribution in [2.75, 3.05) is 19.3 Å². The predicted molar refractivity (Wildman–Crippen MR) is 91.8 cm³/mol. The molecule has 21 heavy (non-hydrogen) atoms. The number of hydrogen-bond donors (Lipinski definition) is 2. The third-order valence-electron chi connectivity index (χ3n) is 3.53. The number of nitrogens with one attached hydrogen (secondary N) is 2. The van der Waals surface area contributed by atoms with Crippen LogP contribution in [0.5, 0.6) is 0 Å². The summed E-state index contributed by atoms with van der Waals surface area (Å²) < 4.78 is 27.5. The molecule has 0 saturated heterocycles. The van der Waals surface area contributed by atoms with Crippen LogP contribution in [-0.4, -0.2) is 39.1 Å². The van der Waals surface area contributed by atoms with Gasteiger partial charge in [0.2, 0.25) is 10.0 Å². The maximum Gasteiger partial charge on any atom is 0.250 e. The van der Waals surface area contributed by atoms with Crippen molar-refractivity contribution in [3.05, 3.63) is 17.0 Å². The SMILES string of the molecule is CSC(C)CCNS(=O)(=O)c1ccc(CCNC2CC2)s1. The molecule has 120 valence electrons. The van der Waals surface area contributed by atoms with Gasteiger partial charge in [-0.25, -0.2) is 13.1 Å². The first kappa shape index (κ1) is 17.3. The zero-order chi connectivity index (χ0) is 15.3. The molecule has 1 aliphatic rings. The van der Waals surface area contributed by atoms with Crippen molar-refractivity contribution in [1.29, 1.82) is 0 Å². The lowest BCUT2D eigenvalue weighted by Gasteiger charge is -2.08. The van der Waals surface area contributed by atoms with Crippen LogP contribution in [0.3, 0.4) is 0 Å². The summed E-state index contributed by atoms with van der Waals surface area (Å²) in [5.74, 6) is 0. The van der Waals surface area contributed by atoms with Crippen molar-refractivity contribution in [2.45, 2.75) is 48.1 Å². The number of rotatable bonds is 10.